The molecule has 3 fully saturated rings. The maximum absolute atomic E-state index is 14.0. The quantitative estimate of drug-likeness (QED) is 0.269. The van der Waals surface area contributed by atoms with E-state index >= 15 is 0 Å². The molecule has 4 aliphatic rings. The van der Waals surface area contributed by atoms with Crippen LogP contribution < -0.4 is 11.1 Å². The second kappa shape index (κ2) is 14.0. The molecule has 3 N–H and O–H groups in total. The van der Waals surface area contributed by atoms with E-state index in [4.69, 9.17) is 5.73 Å². The molecule has 9 nitrogen and oxygen atoms in total. The number of alkyl halides is 6. The highest BCUT2D eigenvalue weighted by molar-refractivity contribution is 7.14. The Morgan fingerprint density at radius 3 is 2.04 bits per heavy atom. The fourth-order valence-electron chi connectivity index (χ4n) is 7.70. The van der Waals surface area contributed by atoms with Crippen LogP contribution in [0.5, 0.6) is 0 Å². The van der Waals surface area contributed by atoms with Gasteiger partial charge in [-0.25, -0.2) is 4.79 Å². The SMILES string of the molecule is Nc1c(C(F)(F)F)cc(C[C@@H](CC(=O)N2CCC(N3Cc4ccsc4NC3=O)CC2)C(=O)N2CCC(N3CCCC3)CC2)cc1C(F)(F)F. The molecule has 4 aliphatic heterocycles. The summed E-state index contributed by atoms with van der Waals surface area (Å²) in [5.41, 5.74) is 1.33. The monoisotopic (exact) mass is 714 g/mol. The van der Waals surface area contributed by atoms with E-state index < -0.39 is 53.3 Å². The molecule has 16 heteroatoms. The number of rotatable bonds is 7. The second-order valence-corrected chi connectivity index (χ2v) is 14.4. The highest BCUT2D eigenvalue weighted by Crippen LogP contribution is 2.42. The van der Waals surface area contributed by atoms with Gasteiger partial charge >= 0.3 is 18.4 Å². The average Bonchev–Trinajstić information content (AvgIpc) is 3.76. The lowest BCUT2D eigenvalue weighted by Crippen LogP contribution is -2.51. The van der Waals surface area contributed by atoms with Crippen LogP contribution in [0.1, 0.15) is 67.2 Å². The first kappa shape index (κ1) is 35.3. The molecule has 0 radical (unpaired) electrons. The number of nitrogen functional groups attached to an aromatic ring is 1. The topological polar surface area (TPSA) is 102 Å². The number of likely N-dealkylation sites (tertiary alicyclic amines) is 3. The summed E-state index contributed by atoms with van der Waals surface area (Å²) in [4.78, 5) is 47.7. The first-order valence-electron chi connectivity index (χ1n) is 16.7. The van der Waals surface area contributed by atoms with Crippen molar-refractivity contribution < 1.29 is 40.7 Å². The number of piperidine rings is 2. The molecule has 0 bridgehead atoms. The van der Waals surface area contributed by atoms with E-state index in [0.717, 1.165) is 36.5 Å². The Hall–Kier alpha value is -3.53. The van der Waals surface area contributed by atoms with Crippen LogP contribution in [0, 0.1) is 5.92 Å². The number of halogens is 6. The van der Waals surface area contributed by atoms with E-state index in [1.807, 2.05) is 11.4 Å². The smallest absolute Gasteiger partial charge is 0.398 e. The molecule has 0 spiro atoms. The first-order chi connectivity index (χ1) is 23.2. The Labute approximate surface area is 284 Å². The van der Waals surface area contributed by atoms with Gasteiger partial charge in [0.1, 0.15) is 5.00 Å². The van der Waals surface area contributed by atoms with Crippen LogP contribution in [-0.4, -0.2) is 88.8 Å². The number of hydrogen-bond donors (Lipinski definition) is 2. The van der Waals surface area contributed by atoms with Gasteiger partial charge < -0.3 is 25.3 Å². The minimum atomic E-state index is -5.16. The van der Waals surface area contributed by atoms with Crippen LogP contribution in [-0.2, 0) is 34.9 Å². The number of carbonyl (C=O) groups excluding carboxylic acids is 3. The first-order valence-corrected chi connectivity index (χ1v) is 17.6. The summed E-state index contributed by atoms with van der Waals surface area (Å²) in [6.45, 7) is 3.81. The van der Waals surface area contributed by atoms with Crippen molar-refractivity contribution in [2.45, 2.75) is 82.3 Å². The van der Waals surface area contributed by atoms with Gasteiger partial charge in [0.25, 0.3) is 0 Å². The van der Waals surface area contributed by atoms with Crippen molar-refractivity contribution in [1.29, 1.82) is 0 Å². The molecule has 6 rings (SSSR count). The van der Waals surface area contributed by atoms with Gasteiger partial charge in [0, 0.05) is 50.2 Å². The normalized spacial score (nSPS) is 20.8. The lowest BCUT2D eigenvalue weighted by molar-refractivity contribution is -0.143. The minimum absolute atomic E-state index is 0.122. The molecule has 1 aromatic carbocycles. The Bertz CT molecular complexity index is 1510. The van der Waals surface area contributed by atoms with Gasteiger partial charge in [0.05, 0.1) is 29.3 Å². The second-order valence-electron chi connectivity index (χ2n) is 13.4. The van der Waals surface area contributed by atoms with Crippen LogP contribution >= 0.6 is 11.3 Å². The highest BCUT2D eigenvalue weighted by Gasteiger charge is 2.42. The average molecular weight is 715 g/mol. The fourth-order valence-corrected chi connectivity index (χ4v) is 8.50. The highest BCUT2D eigenvalue weighted by atomic mass is 32.1. The molecule has 0 unspecified atom stereocenters. The summed E-state index contributed by atoms with van der Waals surface area (Å²) in [5, 5.41) is 5.61. The molecule has 1 atom stereocenters. The summed E-state index contributed by atoms with van der Waals surface area (Å²) < 4.78 is 83.0. The van der Waals surface area contributed by atoms with E-state index in [0.29, 0.717) is 76.6 Å². The molecular weight excluding hydrogens is 674 g/mol. The predicted molar refractivity (Wildman–Crippen MR) is 172 cm³/mol. The van der Waals surface area contributed by atoms with Gasteiger partial charge in [0.2, 0.25) is 11.8 Å². The number of nitrogens with two attached hydrogens (primary N) is 1. The molecule has 5 heterocycles. The number of fused-ring (bicyclic) bond motifs is 1. The largest absolute Gasteiger partial charge is 0.418 e. The van der Waals surface area contributed by atoms with Crippen LogP contribution in [0.25, 0.3) is 0 Å². The van der Waals surface area contributed by atoms with Crippen LogP contribution in [0.3, 0.4) is 0 Å². The number of nitrogens with zero attached hydrogens (tertiary/aromatic N) is 4. The standard InChI is InChI=1S/C33H40F6N6O3S/c34-32(35,36)25-16-20(17-26(28(25)40)33(37,38)39)15-22(30(47)44-12-3-23(4-13-44)42-8-1-2-9-42)18-27(46)43-10-5-24(6-11-43)45-19-21-7-14-49-29(21)41-31(45)48/h7,14,16-17,22-24H,1-6,8-13,15,18-19,40H2,(H,41,48)/t22-/m0/s1. The lowest BCUT2D eigenvalue weighted by Gasteiger charge is -2.40. The molecule has 3 saturated heterocycles. The van der Waals surface area contributed by atoms with E-state index in [9.17, 15) is 40.7 Å². The summed E-state index contributed by atoms with van der Waals surface area (Å²) >= 11 is 1.45. The zero-order valence-corrected chi connectivity index (χ0v) is 27.7. The predicted octanol–water partition coefficient (Wildman–Crippen LogP) is 6.04. The van der Waals surface area contributed by atoms with Gasteiger partial charge in [-0.15, -0.1) is 11.3 Å². The molecule has 4 amide bonds. The number of carbonyl (C=O) groups is 3. The van der Waals surface area contributed by atoms with Crippen molar-refractivity contribution in [2.75, 3.05) is 50.3 Å². The van der Waals surface area contributed by atoms with Crippen molar-refractivity contribution in [3.05, 3.63) is 45.8 Å². The number of nitrogens with one attached hydrogen (secondary N) is 1. The number of hydrogen-bond acceptors (Lipinski definition) is 6. The van der Waals surface area contributed by atoms with Gasteiger partial charge in [-0.05, 0) is 87.2 Å². The van der Waals surface area contributed by atoms with Gasteiger partial charge in [-0.3, -0.25) is 14.9 Å². The summed E-state index contributed by atoms with van der Waals surface area (Å²) in [7, 11) is 0. The van der Waals surface area contributed by atoms with Crippen LogP contribution in [0.15, 0.2) is 23.6 Å². The molecule has 2 aromatic rings. The Balaban J connectivity index is 1.18. The summed E-state index contributed by atoms with van der Waals surface area (Å²) in [5.74, 6) is -2.04. The van der Waals surface area contributed by atoms with E-state index in [1.165, 1.54) is 11.3 Å². The van der Waals surface area contributed by atoms with Gasteiger partial charge in [-0.1, -0.05) is 0 Å². The molecule has 1 aromatic heterocycles. The number of urea groups is 1. The zero-order chi connectivity index (χ0) is 35.1. The van der Waals surface area contributed by atoms with Crippen LogP contribution in [0.2, 0.25) is 0 Å². The maximum atomic E-state index is 14.0. The molecular formula is C33H40F6N6O3S. The van der Waals surface area contributed by atoms with Crippen molar-refractivity contribution in [2.24, 2.45) is 5.92 Å². The zero-order valence-electron chi connectivity index (χ0n) is 26.9. The van der Waals surface area contributed by atoms with E-state index in [1.54, 1.807) is 14.7 Å². The minimum Gasteiger partial charge on any atom is -0.398 e. The van der Waals surface area contributed by atoms with Crippen molar-refractivity contribution in [3.63, 3.8) is 0 Å². The van der Waals surface area contributed by atoms with Crippen molar-refractivity contribution >= 4 is 39.9 Å². The lowest BCUT2D eigenvalue weighted by atomic mass is 9.90. The molecule has 0 aliphatic carbocycles. The Kier molecular flexibility index (Phi) is 10.1. The number of amides is 4. The summed E-state index contributed by atoms with van der Waals surface area (Å²) in [6.07, 6.45) is -6.56. The van der Waals surface area contributed by atoms with Crippen molar-refractivity contribution in [1.82, 2.24) is 19.6 Å². The molecule has 268 valence electrons. The third kappa shape index (κ3) is 7.79. The van der Waals surface area contributed by atoms with Gasteiger partial charge in [-0.2, -0.15) is 26.3 Å². The number of thiophene rings is 1. The fraction of sp³-hybridized carbons (Fsp3) is 0.606. The summed E-state index contributed by atoms with van der Waals surface area (Å²) in [6, 6.07) is 3.04. The third-order valence-corrected chi connectivity index (χ3v) is 11.2. The molecule has 0 saturated carbocycles. The van der Waals surface area contributed by atoms with Crippen LogP contribution in [0.4, 0.5) is 41.8 Å². The molecule has 49 heavy (non-hydrogen) atoms. The van der Waals surface area contributed by atoms with Gasteiger partial charge in [0.15, 0.2) is 0 Å². The van der Waals surface area contributed by atoms with Crippen molar-refractivity contribution in [3.8, 4) is 0 Å². The Morgan fingerprint density at radius 2 is 1.45 bits per heavy atom. The van der Waals surface area contributed by atoms with E-state index in [2.05, 4.69) is 10.2 Å². The van der Waals surface area contributed by atoms with E-state index in [-0.39, 0.29) is 24.1 Å². The maximum Gasteiger partial charge on any atom is 0.418 e. The third-order valence-electron chi connectivity index (χ3n) is 10.4. The number of benzene rings is 1. The number of anilines is 2. The Morgan fingerprint density at radius 1 is 0.878 bits per heavy atom.